The van der Waals surface area contributed by atoms with E-state index in [1.165, 1.54) is 0 Å². The SMILES string of the molecule is NCCC=Cc1ncc(Cl)cc1Cl. The van der Waals surface area contributed by atoms with Gasteiger partial charge in [-0.1, -0.05) is 29.3 Å². The molecule has 1 heterocycles. The Bertz CT molecular complexity index is 310. The summed E-state index contributed by atoms with van der Waals surface area (Å²) in [7, 11) is 0. The number of halogens is 2. The van der Waals surface area contributed by atoms with Crippen LogP contribution in [0.5, 0.6) is 0 Å². The minimum Gasteiger partial charge on any atom is -0.330 e. The van der Waals surface area contributed by atoms with Crippen LogP contribution in [0.4, 0.5) is 0 Å². The highest BCUT2D eigenvalue weighted by molar-refractivity contribution is 6.35. The van der Waals surface area contributed by atoms with Gasteiger partial charge in [0.2, 0.25) is 0 Å². The lowest BCUT2D eigenvalue weighted by Gasteiger charge is -1.96. The first kappa shape index (κ1) is 10.5. The Morgan fingerprint density at radius 3 is 2.85 bits per heavy atom. The first-order valence-electron chi connectivity index (χ1n) is 3.91. The quantitative estimate of drug-likeness (QED) is 0.845. The normalized spacial score (nSPS) is 11.0. The molecular weight excluding hydrogens is 207 g/mol. The van der Waals surface area contributed by atoms with E-state index in [2.05, 4.69) is 4.98 Å². The van der Waals surface area contributed by atoms with Gasteiger partial charge in [0, 0.05) is 6.20 Å². The summed E-state index contributed by atoms with van der Waals surface area (Å²) >= 11 is 11.6. The largest absolute Gasteiger partial charge is 0.330 e. The van der Waals surface area contributed by atoms with Crippen LogP contribution in [0.15, 0.2) is 18.3 Å². The first-order chi connectivity index (χ1) is 6.24. The summed E-state index contributed by atoms with van der Waals surface area (Å²) in [6.07, 6.45) is 6.16. The second-order valence-corrected chi connectivity index (χ2v) is 3.34. The van der Waals surface area contributed by atoms with Gasteiger partial charge in [-0.05, 0) is 25.1 Å². The van der Waals surface area contributed by atoms with Crippen LogP contribution < -0.4 is 5.73 Å². The maximum atomic E-state index is 5.88. The monoisotopic (exact) mass is 216 g/mol. The van der Waals surface area contributed by atoms with E-state index in [4.69, 9.17) is 28.9 Å². The zero-order chi connectivity index (χ0) is 9.68. The average Bonchev–Trinajstić information content (AvgIpc) is 2.09. The van der Waals surface area contributed by atoms with Crippen molar-refractivity contribution >= 4 is 29.3 Å². The van der Waals surface area contributed by atoms with E-state index in [-0.39, 0.29) is 0 Å². The summed E-state index contributed by atoms with van der Waals surface area (Å²) in [5, 5.41) is 1.10. The fourth-order valence-electron chi connectivity index (χ4n) is 0.839. The summed E-state index contributed by atoms with van der Waals surface area (Å²) < 4.78 is 0. The van der Waals surface area contributed by atoms with Crippen LogP contribution in [-0.2, 0) is 0 Å². The number of nitrogens with two attached hydrogens (primary N) is 1. The van der Waals surface area contributed by atoms with Crippen molar-refractivity contribution in [1.82, 2.24) is 4.98 Å². The van der Waals surface area contributed by atoms with Crippen molar-refractivity contribution in [3.63, 3.8) is 0 Å². The van der Waals surface area contributed by atoms with E-state index in [1.54, 1.807) is 12.3 Å². The minimum atomic E-state index is 0.543. The number of aromatic nitrogens is 1. The van der Waals surface area contributed by atoms with Gasteiger partial charge in [0.25, 0.3) is 0 Å². The molecule has 0 aromatic carbocycles. The Morgan fingerprint density at radius 1 is 1.46 bits per heavy atom. The molecule has 2 nitrogen and oxygen atoms in total. The highest BCUT2D eigenvalue weighted by atomic mass is 35.5. The Balaban J connectivity index is 2.77. The molecule has 0 unspecified atom stereocenters. The highest BCUT2D eigenvalue weighted by Gasteiger charge is 1.97. The van der Waals surface area contributed by atoms with Crippen LogP contribution >= 0.6 is 23.2 Å². The molecule has 1 rings (SSSR count). The zero-order valence-corrected chi connectivity index (χ0v) is 8.52. The molecule has 13 heavy (non-hydrogen) atoms. The van der Waals surface area contributed by atoms with Crippen LogP contribution in [0.25, 0.3) is 6.08 Å². The van der Waals surface area contributed by atoms with Crippen LogP contribution in [0.3, 0.4) is 0 Å². The fourth-order valence-corrected chi connectivity index (χ4v) is 1.28. The van der Waals surface area contributed by atoms with Crippen LogP contribution in [-0.4, -0.2) is 11.5 Å². The molecule has 70 valence electrons. The molecule has 0 spiro atoms. The molecule has 0 aliphatic rings. The molecule has 0 saturated carbocycles. The second-order valence-electron chi connectivity index (χ2n) is 2.50. The molecule has 0 aliphatic carbocycles. The molecule has 0 aliphatic heterocycles. The molecule has 1 aromatic rings. The standard InChI is InChI=1S/C9H10Cl2N2/c10-7-5-8(11)9(13-6-7)3-1-2-4-12/h1,3,5-6H,2,4,12H2. The summed E-state index contributed by atoms with van der Waals surface area (Å²) in [6.45, 7) is 0.627. The Labute approximate surface area is 87.4 Å². The number of hydrogen-bond acceptors (Lipinski definition) is 2. The van der Waals surface area contributed by atoms with E-state index in [9.17, 15) is 0 Å². The third kappa shape index (κ3) is 3.35. The maximum absolute atomic E-state index is 5.88. The molecule has 4 heteroatoms. The first-order valence-corrected chi connectivity index (χ1v) is 4.67. The van der Waals surface area contributed by atoms with E-state index in [0.717, 1.165) is 12.1 Å². The molecule has 0 radical (unpaired) electrons. The lowest BCUT2D eigenvalue weighted by Crippen LogP contribution is -1.95. The Kier molecular flexibility index (Phi) is 4.22. The zero-order valence-electron chi connectivity index (χ0n) is 7.00. The lowest BCUT2D eigenvalue weighted by molar-refractivity contribution is 1.01. The summed E-state index contributed by atoms with van der Waals surface area (Å²) in [5.74, 6) is 0. The third-order valence-electron chi connectivity index (χ3n) is 1.45. The van der Waals surface area contributed by atoms with Crippen molar-refractivity contribution in [2.45, 2.75) is 6.42 Å². The summed E-state index contributed by atoms with van der Waals surface area (Å²) in [5.41, 5.74) is 6.05. The number of nitrogens with zero attached hydrogens (tertiary/aromatic N) is 1. The molecule has 0 saturated heterocycles. The van der Waals surface area contributed by atoms with Crippen molar-refractivity contribution in [3.8, 4) is 0 Å². The van der Waals surface area contributed by atoms with Gasteiger partial charge in [-0.3, -0.25) is 4.98 Å². The Morgan fingerprint density at radius 2 is 2.23 bits per heavy atom. The number of rotatable bonds is 3. The van der Waals surface area contributed by atoms with Gasteiger partial charge in [0.1, 0.15) is 0 Å². The fraction of sp³-hybridized carbons (Fsp3) is 0.222. The van der Waals surface area contributed by atoms with E-state index < -0.39 is 0 Å². The van der Waals surface area contributed by atoms with Gasteiger partial charge in [-0.15, -0.1) is 0 Å². The van der Waals surface area contributed by atoms with Crippen molar-refractivity contribution < 1.29 is 0 Å². The lowest BCUT2D eigenvalue weighted by atomic mass is 10.3. The van der Waals surface area contributed by atoms with Crippen molar-refractivity contribution in [3.05, 3.63) is 34.1 Å². The summed E-state index contributed by atoms with van der Waals surface area (Å²) in [4.78, 5) is 4.06. The average molecular weight is 217 g/mol. The predicted octanol–water partition coefficient (Wildman–Crippen LogP) is 2.75. The molecule has 0 amide bonds. The van der Waals surface area contributed by atoms with Gasteiger partial charge < -0.3 is 5.73 Å². The van der Waals surface area contributed by atoms with Crippen LogP contribution in [0.1, 0.15) is 12.1 Å². The second kappa shape index (κ2) is 5.22. The number of hydrogen-bond donors (Lipinski definition) is 1. The molecule has 1 aromatic heterocycles. The summed E-state index contributed by atoms with van der Waals surface area (Å²) in [6, 6.07) is 1.66. The topological polar surface area (TPSA) is 38.9 Å². The molecule has 0 atom stereocenters. The van der Waals surface area contributed by atoms with E-state index in [1.807, 2.05) is 12.2 Å². The van der Waals surface area contributed by atoms with Crippen LogP contribution in [0.2, 0.25) is 10.0 Å². The van der Waals surface area contributed by atoms with Gasteiger partial charge in [0.05, 0.1) is 15.7 Å². The van der Waals surface area contributed by atoms with E-state index >= 15 is 0 Å². The molecule has 2 N–H and O–H groups in total. The molecule has 0 fully saturated rings. The maximum Gasteiger partial charge on any atom is 0.0813 e. The third-order valence-corrected chi connectivity index (χ3v) is 1.95. The van der Waals surface area contributed by atoms with Gasteiger partial charge in [-0.2, -0.15) is 0 Å². The Hall–Kier alpha value is -0.570. The van der Waals surface area contributed by atoms with Gasteiger partial charge >= 0.3 is 0 Å². The van der Waals surface area contributed by atoms with Gasteiger partial charge in [-0.25, -0.2) is 0 Å². The molecular formula is C9H10Cl2N2. The van der Waals surface area contributed by atoms with Crippen molar-refractivity contribution in [2.24, 2.45) is 5.73 Å². The van der Waals surface area contributed by atoms with Crippen molar-refractivity contribution in [1.29, 1.82) is 0 Å². The van der Waals surface area contributed by atoms with E-state index in [0.29, 0.717) is 16.6 Å². The highest BCUT2D eigenvalue weighted by Crippen LogP contribution is 2.19. The van der Waals surface area contributed by atoms with Crippen LogP contribution in [0, 0.1) is 0 Å². The minimum absolute atomic E-state index is 0.543. The molecule has 0 bridgehead atoms. The smallest absolute Gasteiger partial charge is 0.0813 e. The predicted molar refractivity (Wildman–Crippen MR) is 57.0 cm³/mol. The van der Waals surface area contributed by atoms with Gasteiger partial charge in [0.15, 0.2) is 0 Å². The van der Waals surface area contributed by atoms with Crippen molar-refractivity contribution in [2.75, 3.05) is 6.54 Å². The number of pyridine rings is 1.